The molecule has 1 aromatic carbocycles. The van der Waals surface area contributed by atoms with Crippen molar-refractivity contribution < 1.29 is 8.78 Å². The number of imidazole rings is 1. The van der Waals surface area contributed by atoms with E-state index >= 15 is 0 Å². The van der Waals surface area contributed by atoms with Crippen molar-refractivity contribution in [2.75, 3.05) is 18.4 Å². The molecule has 0 bridgehead atoms. The zero-order chi connectivity index (χ0) is 22.2. The van der Waals surface area contributed by atoms with E-state index in [9.17, 15) is 8.78 Å². The highest BCUT2D eigenvalue weighted by Gasteiger charge is 2.12. The number of halogens is 3. The maximum atomic E-state index is 13.3. The Morgan fingerprint density at radius 2 is 1.97 bits per heavy atom. The van der Waals surface area contributed by atoms with E-state index < -0.39 is 11.6 Å². The molecule has 31 heavy (non-hydrogen) atoms. The van der Waals surface area contributed by atoms with Crippen molar-refractivity contribution in [2.24, 2.45) is 0 Å². The van der Waals surface area contributed by atoms with Gasteiger partial charge in [-0.3, -0.25) is 0 Å². The highest BCUT2D eigenvalue weighted by Crippen LogP contribution is 2.21. The van der Waals surface area contributed by atoms with Crippen LogP contribution in [0, 0.1) is 11.6 Å². The van der Waals surface area contributed by atoms with Gasteiger partial charge in [0.1, 0.15) is 17.3 Å². The Morgan fingerprint density at radius 1 is 1.19 bits per heavy atom. The van der Waals surface area contributed by atoms with Crippen LogP contribution in [0.25, 0.3) is 5.70 Å². The molecule has 8 nitrogen and oxygen atoms in total. The summed E-state index contributed by atoms with van der Waals surface area (Å²) in [6.07, 6.45) is 3.03. The zero-order valence-electron chi connectivity index (χ0n) is 17.3. The van der Waals surface area contributed by atoms with E-state index in [1.807, 2.05) is 0 Å². The lowest BCUT2D eigenvalue weighted by Gasteiger charge is -2.10. The van der Waals surface area contributed by atoms with Crippen LogP contribution in [0.2, 0.25) is 5.28 Å². The molecule has 0 unspecified atom stereocenters. The second-order valence-corrected chi connectivity index (χ2v) is 7.40. The van der Waals surface area contributed by atoms with E-state index in [0.717, 1.165) is 31.1 Å². The van der Waals surface area contributed by atoms with Gasteiger partial charge in [0.05, 0.1) is 12.2 Å². The lowest BCUT2D eigenvalue weighted by atomic mass is 10.1. The van der Waals surface area contributed by atoms with Crippen molar-refractivity contribution in [1.82, 2.24) is 35.5 Å². The predicted molar refractivity (Wildman–Crippen MR) is 116 cm³/mol. The Bertz CT molecular complexity index is 996. The molecule has 0 aliphatic carbocycles. The highest BCUT2D eigenvalue weighted by atomic mass is 35.5. The Hall–Kier alpha value is -3.01. The van der Waals surface area contributed by atoms with Gasteiger partial charge in [-0.1, -0.05) is 19.9 Å². The smallest absolute Gasteiger partial charge is 0.202 e. The molecule has 3 N–H and O–H groups in total. The maximum absolute atomic E-state index is 13.3. The van der Waals surface area contributed by atoms with Crippen molar-refractivity contribution in [3.05, 3.63) is 58.8 Å². The summed E-state index contributed by atoms with van der Waals surface area (Å²) in [5.41, 5.74) is 1.86. The van der Waals surface area contributed by atoms with Crippen LogP contribution in [0.1, 0.15) is 43.3 Å². The van der Waals surface area contributed by atoms with Gasteiger partial charge in [0, 0.05) is 25.6 Å². The van der Waals surface area contributed by atoms with Crippen LogP contribution in [0.4, 0.5) is 14.6 Å². The molecule has 3 rings (SSSR count). The molecule has 166 valence electrons. The second-order valence-electron chi connectivity index (χ2n) is 7.05. The summed E-state index contributed by atoms with van der Waals surface area (Å²) in [4.78, 5) is 8.71. The first-order valence-electron chi connectivity index (χ1n) is 10.1. The number of nitrogens with zero attached hydrogens (tertiary/aromatic N) is 5. The number of anilines is 1. The highest BCUT2D eigenvalue weighted by molar-refractivity contribution is 6.28. The number of tetrazole rings is 1. The number of benzene rings is 1. The van der Waals surface area contributed by atoms with Gasteiger partial charge in [-0.2, -0.15) is 4.80 Å². The molecule has 2 heterocycles. The Balaban J connectivity index is 1.45. The minimum Gasteiger partial charge on any atom is -0.384 e. The van der Waals surface area contributed by atoms with Crippen LogP contribution in [-0.2, 0) is 13.0 Å². The lowest BCUT2D eigenvalue weighted by molar-refractivity contribution is 0.495. The van der Waals surface area contributed by atoms with Gasteiger partial charge in [-0.15, -0.1) is 10.2 Å². The van der Waals surface area contributed by atoms with E-state index in [0.29, 0.717) is 47.7 Å². The third kappa shape index (κ3) is 6.74. The molecule has 0 spiro atoms. The summed E-state index contributed by atoms with van der Waals surface area (Å²) in [5, 5.41) is 19.0. The number of nitrogens with one attached hydrogen (secondary N) is 3. The van der Waals surface area contributed by atoms with Crippen LogP contribution < -0.4 is 10.6 Å². The van der Waals surface area contributed by atoms with Crippen molar-refractivity contribution in [2.45, 2.75) is 39.2 Å². The summed E-state index contributed by atoms with van der Waals surface area (Å²) in [5.74, 6) is -0.184. The standard InChI is InChI=1S/C20H25ClF2N8/c1-3-4-6-25-19-18(26-20(21)27-19)13(2)24-7-5-8-31-29-17(28-30-31)11-14-9-15(22)12-16(23)10-14/h9-10,12,24-25H,2-8,11H2,1H3,(H,26,27). The molecule has 11 heteroatoms. The lowest BCUT2D eigenvalue weighted by Crippen LogP contribution is -2.17. The van der Waals surface area contributed by atoms with Gasteiger partial charge in [-0.05, 0) is 47.4 Å². The molecule has 0 aliphatic heterocycles. The normalized spacial score (nSPS) is 11.0. The van der Waals surface area contributed by atoms with Crippen molar-refractivity contribution in [3.8, 4) is 0 Å². The van der Waals surface area contributed by atoms with Gasteiger partial charge in [0.2, 0.25) is 5.28 Å². The first kappa shape index (κ1) is 22.7. The molecule has 0 aliphatic rings. The topological polar surface area (TPSA) is 96.3 Å². The summed E-state index contributed by atoms with van der Waals surface area (Å²) in [6.45, 7) is 8.11. The number of unbranched alkanes of at least 4 members (excludes halogenated alkanes) is 1. The number of aromatic nitrogens is 6. The van der Waals surface area contributed by atoms with E-state index in [2.05, 4.69) is 49.5 Å². The van der Waals surface area contributed by atoms with E-state index in [1.54, 1.807) is 0 Å². The quantitative estimate of drug-likeness (QED) is 0.363. The van der Waals surface area contributed by atoms with Gasteiger partial charge in [0.25, 0.3) is 0 Å². The van der Waals surface area contributed by atoms with Gasteiger partial charge < -0.3 is 15.6 Å². The molecular formula is C20H25ClF2N8. The zero-order valence-corrected chi connectivity index (χ0v) is 18.0. The van der Waals surface area contributed by atoms with Crippen molar-refractivity contribution in [1.29, 1.82) is 0 Å². The van der Waals surface area contributed by atoms with Crippen LogP contribution in [-0.4, -0.2) is 43.3 Å². The predicted octanol–water partition coefficient (Wildman–Crippen LogP) is 3.78. The van der Waals surface area contributed by atoms with Crippen LogP contribution in [0.15, 0.2) is 24.8 Å². The number of hydrogen-bond acceptors (Lipinski definition) is 6. The average molecular weight is 451 g/mol. The monoisotopic (exact) mass is 450 g/mol. The SMILES string of the molecule is C=C(NCCCn1nnc(Cc2cc(F)cc(F)c2)n1)c1[nH]c(Cl)nc1NCCCC. The summed E-state index contributed by atoms with van der Waals surface area (Å²) in [6, 6.07) is 3.34. The van der Waals surface area contributed by atoms with Crippen LogP contribution >= 0.6 is 11.6 Å². The molecule has 3 aromatic rings. The van der Waals surface area contributed by atoms with Gasteiger partial charge in [-0.25, -0.2) is 13.8 Å². The molecular weight excluding hydrogens is 426 g/mol. The fourth-order valence-corrected chi connectivity index (χ4v) is 3.14. The first-order valence-corrected chi connectivity index (χ1v) is 10.5. The number of H-pyrrole nitrogens is 1. The molecule has 2 aromatic heterocycles. The Morgan fingerprint density at radius 3 is 2.71 bits per heavy atom. The minimum atomic E-state index is -0.629. The largest absolute Gasteiger partial charge is 0.384 e. The Labute approximate surface area is 184 Å². The van der Waals surface area contributed by atoms with Crippen molar-refractivity contribution >= 4 is 23.1 Å². The summed E-state index contributed by atoms with van der Waals surface area (Å²) < 4.78 is 26.6. The second kappa shape index (κ2) is 10.9. The maximum Gasteiger partial charge on any atom is 0.202 e. The van der Waals surface area contributed by atoms with E-state index in [4.69, 9.17) is 11.6 Å². The molecule has 0 fully saturated rings. The fourth-order valence-electron chi connectivity index (χ4n) is 2.96. The molecule has 0 saturated heterocycles. The van der Waals surface area contributed by atoms with Gasteiger partial charge in [0.15, 0.2) is 11.6 Å². The first-order chi connectivity index (χ1) is 14.9. The molecule has 0 amide bonds. The Kier molecular flexibility index (Phi) is 7.94. The molecule has 0 atom stereocenters. The molecule has 0 radical (unpaired) electrons. The number of hydrogen-bond donors (Lipinski definition) is 3. The van der Waals surface area contributed by atoms with Crippen LogP contribution in [0.3, 0.4) is 0 Å². The van der Waals surface area contributed by atoms with Crippen molar-refractivity contribution in [3.63, 3.8) is 0 Å². The number of aromatic amines is 1. The fraction of sp³-hybridized carbons (Fsp3) is 0.400. The van der Waals surface area contributed by atoms with E-state index in [1.165, 1.54) is 16.9 Å². The van der Waals surface area contributed by atoms with E-state index in [-0.39, 0.29) is 6.42 Å². The third-order valence-electron chi connectivity index (χ3n) is 4.45. The van der Waals surface area contributed by atoms with Crippen LogP contribution in [0.5, 0.6) is 0 Å². The summed E-state index contributed by atoms with van der Waals surface area (Å²) >= 11 is 6.00. The summed E-state index contributed by atoms with van der Waals surface area (Å²) in [7, 11) is 0. The molecule has 0 saturated carbocycles. The third-order valence-corrected chi connectivity index (χ3v) is 4.63. The number of aryl methyl sites for hydroxylation is 1. The minimum absolute atomic E-state index is 0.206. The number of rotatable bonds is 12. The average Bonchev–Trinajstić information content (AvgIpc) is 3.30. The van der Waals surface area contributed by atoms with Gasteiger partial charge >= 0.3 is 0 Å².